The van der Waals surface area contributed by atoms with Crippen LogP contribution in [0.1, 0.15) is 22.5 Å². The van der Waals surface area contributed by atoms with Crippen LogP contribution >= 0.6 is 11.6 Å². The van der Waals surface area contributed by atoms with E-state index in [1.807, 2.05) is 13.0 Å². The Morgan fingerprint density at radius 1 is 0.962 bits per heavy atom. The van der Waals surface area contributed by atoms with Crippen LogP contribution in [0.2, 0.25) is 5.02 Å². The molecule has 0 spiro atoms. The average molecular weight is 750 g/mol. The number of fused-ring (bicyclic) bond motifs is 1. The summed E-state index contributed by atoms with van der Waals surface area (Å²) in [6.07, 6.45) is -0.312. The van der Waals surface area contributed by atoms with Crippen molar-refractivity contribution in [1.29, 1.82) is 0 Å². The molecule has 0 saturated carbocycles. The first-order valence-electron chi connectivity index (χ1n) is 15.8. The van der Waals surface area contributed by atoms with Gasteiger partial charge in [-0.3, -0.25) is 24.7 Å². The highest BCUT2D eigenvalue weighted by Gasteiger charge is 2.26. The normalized spacial score (nSPS) is 11.3. The number of sulfonamides is 1. The van der Waals surface area contributed by atoms with Crippen molar-refractivity contribution in [2.45, 2.75) is 18.2 Å². The van der Waals surface area contributed by atoms with Crippen molar-refractivity contribution in [2.75, 3.05) is 44.0 Å². The molecule has 0 saturated heterocycles. The quantitative estimate of drug-likeness (QED) is 0.0633. The Balaban J connectivity index is 1.32. The molecule has 0 fully saturated rings. The maximum Gasteiger partial charge on any atom is 0.273 e. The molecule has 270 valence electrons. The largest absolute Gasteiger partial charge is 0.497 e. The Bertz CT molecular complexity index is 2220. The van der Waals surface area contributed by atoms with E-state index in [0.29, 0.717) is 22.0 Å². The highest BCUT2D eigenvalue weighted by Crippen LogP contribution is 2.30. The number of nitrogens with zero attached hydrogens (tertiary/aromatic N) is 3. The predicted octanol–water partition coefficient (Wildman–Crippen LogP) is 6.65. The van der Waals surface area contributed by atoms with Crippen LogP contribution in [0.25, 0.3) is 10.9 Å². The third-order valence-electron chi connectivity index (χ3n) is 7.84. The molecule has 16 heteroatoms. The lowest BCUT2D eigenvalue weighted by Gasteiger charge is -2.23. The van der Waals surface area contributed by atoms with E-state index in [1.54, 1.807) is 18.2 Å². The maximum atomic E-state index is 13.9. The van der Waals surface area contributed by atoms with Crippen molar-refractivity contribution >= 4 is 61.3 Å². The van der Waals surface area contributed by atoms with Crippen molar-refractivity contribution in [2.24, 2.45) is 0 Å². The molecule has 5 rings (SSSR count). The molecule has 5 aromatic rings. The molecule has 1 aromatic heterocycles. The predicted molar refractivity (Wildman–Crippen MR) is 194 cm³/mol. The summed E-state index contributed by atoms with van der Waals surface area (Å²) in [6, 6.07) is 21.2. The zero-order chi connectivity index (χ0) is 37.4. The van der Waals surface area contributed by atoms with E-state index in [0.717, 1.165) is 35.3 Å². The van der Waals surface area contributed by atoms with Gasteiger partial charge in [0, 0.05) is 59.5 Å². The molecule has 0 aliphatic rings. The minimum Gasteiger partial charge on any atom is -0.497 e. The number of nitro groups is 1. The summed E-state index contributed by atoms with van der Waals surface area (Å²) in [7, 11) is -2.65. The van der Waals surface area contributed by atoms with Gasteiger partial charge in [-0.05, 0) is 85.8 Å². The molecule has 0 aliphatic carbocycles. The number of methoxy groups -OCH3 is 1. The number of ether oxygens (including phenoxy) is 2. The van der Waals surface area contributed by atoms with E-state index in [-0.39, 0.29) is 53.6 Å². The number of ketones is 1. The van der Waals surface area contributed by atoms with Gasteiger partial charge in [0.2, 0.25) is 15.9 Å². The fourth-order valence-corrected chi connectivity index (χ4v) is 6.80. The second-order valence-corrected chi connectivity index (χ2v) is 13.8. The number of carbonyl (C=O) groups is 2. The van der Waals surface area contributed by atoms with Crippen molar-refractivity contribution in [3.63, 3.8) is 0 Å². The molecular weight excluding hydrogens is 717 g/mol. The number of nitrogens with one attached hydrogen (secondary N) is 2. The number of hydrogen-bond donors (Lipinski definition) is 2. The molecule has 0 unspecified atom stereocenters. The van der Waals surface area contributed by atoms with E-state index in [1.165, 1.54) is 53.9 Å². The number of benzene rings is 4. The summed E-state index contributed by atoms with van der Waals surface area (Å²) in [4.78, 5) is 41.2. The van der Waals surface area contributed by atoms with Crippen LogP contribution in [0.5, 0.6) is 11.5 Å². The van der Waals surface area contributed by atoms with Gasteiger partial charge >= 0.3 is 0 Å². The zero-order valence-corrected chi connectivity index (χ0v) is 29.5. The van der Waals surface area contributed by atoms with Crippen LogP contribution in [0.15, 0.2) is 95.9 Å². The Kier molecular flexibility index (Phi) is 12.0. The molecular formula is C36H33ClFN5O8S. The Morgan fingerprint density at radius 3 is 2.38 bits per heavy atom. The molecule has 2 N–H and O–H groups in total. The summed E-state index contributed by atoms with van der Waals surface area (Å²) in [6.45, 7) is 1.15. The first-order valence-corrected chi connectivity index (χ1v) is 17.6. The number of carbonyl (C=O) groups excluding carboxylic acids is 2. The third kappa shape index (κ3) is 9.37. The number of pyridine rings is 1. The molecule has 52 heavy (non-hydrogen) atoms. The summed E-state index contributed by atoms with van der Waals surface area (Å²) in [5, 5.41) is 18.6. The number of rotatable bonds is 16. The maximum absolute atomic E-state index is 13.9. The van der Waals surface area contributed by atoms with Crippen LogP contribution in [0.4, 0.5) is 21.5 Å². The lowest BCUT2D eigenvalue weighted by molar-refractivity contribution is -0.384. The molecule has 1 heterocycles. The second kappa shape index (κ2) is 16.6. The summed E-state index contributed by atoms with van der Waals surface area (Å²) in [5.74, 6) is -1.39. The third-order valence-corrected chi connectivity index (χ3v) is 9.98. The molecule has 13 nitrogen and oxygen atoms in total. The van der Waals surface area contributed by atoms with Crippen LogP contribution in [-0.4, -0.2) is 67.7 Å². The van der Waals surface area contributed by atoms with Gasteiger partial charge < -0.3 is 20.1 Å². The Labute approximate surface area is 303 Å². The number of hydrogen-bond acceptors (Lipinski definition) is 10. The van der Waals surface area contributed by atoms with E-state index < -0.39 is 39.1 Å². The van der Waals surface area contributed by atoms with Crippen LogP contribution in [-0.2, 0) is 14.8 Å². The van der Waals surface area contributed by atoms with E-state index in [4.69, 9.17) is 21.1 Å². The minimum atomic E-state index is -4.11. The number of non-ortho nitro benzene ring substituents is 1. The number of Topliss-reactive ketones (excluding diaryl/α,β-unsaturated/α-hetero) is 1. The number of aromatic nitrogens is 1. The fraction of sp³-hybridized carbons (Fsp3) is 0.194. The van der Waals surface area contributed by atoms with Crippen LogP contribution in [0, 0.1) is 22.9 Å². The van der Waals surface area contributed by atoms with Gasteiger partial charge in [0.1, 0.15) is 17.3 Å². The lowest BCUT2D eigenvalue weighted by Crippen LogP contribution is -2.37. The fourth-order valence-electron chi connectivity index (χ4n) is 5.19. The molecule has 1 amide bonds. The minimum absolute atomic E-state index is 0.0115. The monoisotopic (exact) mass is 749 g/mol. The van der Waals surface area contributed by atoms with Crippen molar-refractivity contribution in [3.8, 4) is 11.5 Å². The van der Waals surface area contributed by atoms with Gasteiger partial charge in [0.25, 0.3) is 5.69 Å². The number of anilines is 2. The summed E-state index contributed by atoms with van der Waals surface area (Å²) < 4.78 is 52.9. The summed E-state index contributed by atoms with van der Waals surface area (Å²) in [5.41, 5.74) is 1.97. The second-order valence-electron chi connectivity index (χ2n) is 11.4. The van der Waals surface area contributed by atoms with E-state index >= 15 is 0 Å². The first kappa shape index (κ1) is 37.6. The number of amides is 1. The van der Waals surface area contributed by atoms with E-state index in [2.05, 4.69) is 15.6 Å². The van der Waals surface area contributed by atoms with Gasteiger partial charge in [-0.25, -0.2) is 12.8 Å². The zero-order valence-electron chi connectivity index (χ0n) is 28.0. The van der Waals surface area contributed by atoms with Crippen LogP contribution < -0.4 is 20.1 Å². The molecule has 0 bridgehead atoms. The molecule has 4 aromatic carbocycles. The van der Waals surface area contributed by atoms with Gasteiger partial charge in [0.05, 0.1) is 34.2 Å². The average Bonchev–Trinajstić information content (AvgIpc) is 3.12. The Hall–Kier alpha value is -5.64. The standard InChI is InChI=1S/C36H33ClFN5O8S/c1-23-19-33(30-20-25(37)5-13-31(30)40-23)39-16-18-42(52(48,49)29-11-9-28(50-2)10-12-29)17-15-36(45)41-32-14-8-27(43(46)47)21-35(32)51-22-34(44)24-3-6-26(38)7-4-24/h3-14,19-21H,15-18,22H2,1-2H3,(H,39,40)(H,41,45). The number of nitro benzene ring substituents is 1. The number of aryl methyl sites for hydroxylation is 1. The SMILES string of the molecule is COc1ccc(S(=O)(=O)N(CCNc2cc(C)nc3ccc(Cl)cc23)CCC(=O)Nc2ccc([N+](=O)[O-])cc2OCC(=O)c2ccc(F)cc2)cc1. The topological polar surface area (TPSA) is 170 Å². The molecule has 0 aliphatic heterocycles. The first-order chi connectivity index (χ1) is 24.8. The highest BCUT2D eigenvalue weighted by atomic mass is 35.5. The van der Waals surface area contributed by atoms with Crippen molar-refractivity contribution < 1.29 is 36.8 Å². The van der Waals surface area contributed by atoms with E-state index in [9.17, 15) is 32.5 Å². The smallest absolute Gasteiger partial charge is 0.273 e. The molecule has 0 radical (unpaired) electrons. The van der Waals surface area contributed by atoms with Crippen LogP contribution in [0.3, 0.4) is 0 Å². The van der Waals surface area contributed by atoms with Gasteiger partial charge in [0.15, 0.2) is 12.4 Å². The number of halogens is 2. The summed E-state index contributed by atoms with van der Waals surface area (Å²) >= 11 is 6.23. The van der Waals surface area contributed by atoms with Crippen molar-refractivity contribution in [1.82, 2.24) is 9.29 Å². The highest BCUT2D eigenvalue weighted by molar-refractivity contribution is 7.89. The van der Waals surface area contributed by atoms with Gasteiger partial charge in [-0.1, -0.05) is 11.6 Å². The lowest BCUT2D eigenvalue weighted by atomic mass is 10.1. The van der Waals surface area contributed by atoms with Gasteiger partial charge in [-0.2, -0.15) is 4.31 Å². The Morgan fingerprint density at radius 2 is 1.69 bits per heavy atom. The van der Waals surface area contributed by atoms with Gasteiger partial charge in [-0.15, -0.1) is 0 Å². The van der Waals surface area contributed by atoms with Crippen molar-refractivity contribution in [3.05, 3.63) is 123 Å². The molecule has 0 atom stereocenters.